The molecular weight excluding hydrogens is 434 g/mol. The molecule has 1 aliphatic rings. The zero-order chi connectivity index (χ0) is 23.9. The molecule has 0 aliphatic carbocycles. The van der Waals surface area contributed by atoms with E-state index in [0.717, 1.165) is 85.8 Å². The average molecular weight is 469 g/mol. The lowest BCUT2D eigenvalue weighted by atomic mass is 10.2. The lowest BCUT2D eigenvalue weighted by molar-refractivity contribution is -0.352. The molecule has 1 saturated heterocycles. The first kappa shape index (κ1) is 23.8. The van der Waals surface area contributed by atoms with E-state index in [9.17, 15) is 4.79 Å². The van der Waals surface area contributed by atoms with Crippen LogP contribution in [0.15, 0.2) is 30.7 Å². The van der Waals surface area contributed by atoms with Gasteiger partial charge in [-0.25, -0.2) is 9.78 Å². The van der Waals surface area contributed by atoms with Crippen molar-refractivity contribution in [3.8, 4) is 5.75 Å². The van der Waals surface area contributed by atoms with Crippen molar-refractivity contribution in [2.45, 2.75) is 25.8 Å². The standard InChI is InChI=1S/C24H33N7O3/c1-25-8-5-9-30(2)14-17-13-26-23-22(17)24(28-16-27-23)29-18-6-7-19(31-10-3-4-11-31)20(12-18)34-15-21(32)33/h6-7,12-13,16,25H,3-5,8-11,14-15H2,1-2H3,(H,32,33)(H2,26,27,28,29)/p+1. The van der Waals surface area contributed by atoms with Crippen molar-refractivity contribution in [3.63, 3.8) is 0 Å². The van der Waals surface area contributed by atoms with Crippen molar-refractivity contribution in [2.24, 2.45) is 0 Å². The monoisotopic (exact) mass is 468 g/mol. The number of nitrogens with one attached hydrogen (secondary N) is 4. The van der Waals surface area contributed by atoms with Crippen LogP contribution in [0.5, 0.6) is 5.75 Å². The number of hydrogen-bond acceptors (Lipinski definition) is 7. The van der Waals surface area contributed by atoms with Gasteiger partial charge in [-0.15, -0.1) is 0 Å². The van der Waals surface area contributed by atoms with Gasteiger partial charge in [0.2, 0.25) is 17.8 Å². The van der Waals surface area contributed by atoms with Gasteiger partial charge in [0.25, 0.3) is 0 Å². The maximum Gasteiger partial charge on any atom is 0.341 e. The molecule has 0 saturated carbocycles. The Kier molecular flexibility index (Phi) is 7.81. The number of ether oxygens (including phenoxy) is 1. The first-order valence-corrected chi connectivity index (χ1v) is 11.8. The fourth-order valence-corrected chi connectivity index (χ4v) is 4.39. The van der Waals surface area contributed by atoms with E-state index in [4.69, 9.17) is 9.84 Å². The molecule has 1 fully saturated rings. The van der Waals surface area contributed by atoms with Gasteiger partial charge >= 0.3 is 5.97 Å². The van der Waals surface area contributed by atoms with Crippen LogP contribution in [0, 0.1) is 0 Å². The quantitative estimate of drug-likeness (QED) is 0.299. The number of aromatic amines is 2. The number of rotatable bonds is 12. The van der Waals surface area contributed by atoms with Crippen LogP contribution in [-0.2, 0) is 11.3 Å². The van der Waals surface area contributed by atoms with Crippen molar-refractivity contribution < 1.29 is 19.6 Å². The van der Waals surface area contributed by atoms with Crippen molar-refractivity contribution >= 4 is 34.2 Å². The Morgan fingerprint density at radius 2 is 2.18 bits per heavy atom. The molecule has 5 N–H and O–H groups in total. The van der Waals surface area contributed by atoms with Gasteiger partial charge in [-0.05, 0) is 58.6 Å². The Labute approximate surface area is 199 Å². The minimum Gasteiger partial charge on any atom is -0.480 e. The summed E-state index contributed by atoms with van der Waals surface area (Å²) in [7, 11) is 4.08. The maximum atomic E-state index is 11.1. The van der Waals surface area contributed by atoms with Crippen LogP contribution in [0.25, 0.3) is 11.0 Å². The Hall–Kier alpha value is -3.37. The van der Waals surface area contributed by atoms with E-state index in [1.54, 1.807) is 6.33 Å². The van der Waals surface area contributed by atoms with Gasteiger partial charge in [-0.2, -0.15) is 0 Å². The van der Waals surface area contributed by atoms with Gasteiger partial charge in [-0.1, -0.05) is 4.98 Å². The van der Waals surface area contributed by atoms with Crippen LogP contribution in [-0.4, -0.2) is 72.8 Å². The van der Waals surface area contributed by atoms with Crippen LogP contribution in [0.2, 0.25) is 0 Å². The van der Waals surface area contributed by atoms with Crippen molar-refractivity contribution in [1.82, 2.24) is 20.2 Å². The first-order chi connectivity index (χ1) is 16.5. The fraction of sp³-hybridized carbons (Fsp3) is 0.458. The molecule has 1 aromatic carbocycles. The highest BCUT2D eigenvalue weighted by molar-refractivity contribution is 5.90. The summed E-state index contributed by atoms with van der Waals surface area (Å²) in [5.74, 6) is 0.293. The second-order valence-electron chi connectivity index (χ2n) is 8.69. The van der Waals surface area contributed by atoms with E-state index in [0.29, 0.717) is 5.75 Å². The summed E-state index contributed by atoms with van der Waals surface area (Å²) >= 11 is 0. The third-order valence-corrected chi connectivity index (χ3v) is 6.03. The molecule has 34 heavy (non-hydrogen) atoms. The van der Waals surface area contributed by atoms with E-state index in [1.165, 1.54) is 0 Å². The van der Waals surface area contributed by atoms with Gasteiger partial charge in [0.1, 0.15) is 11.1 Å². The van der Waals surface area contributed by atoms with Crippen molar-refractivity contribution in [1.29, 1.82) is 0 Å². The van der Waals surface area contributed by atoms with E-state index < -0.39 is 5.97 Å². The van der Waals surface area contributed by atoms with E-state index in [2.05, 4.69) is 42.4 Å². The number of carboxylic acids is 1. The highest BCUT2D eigenvalue weighted by Crippen LogP contribution is 2.35. The van der Waals surface area contributed by atoms with E-state index in [-0.39, 0.29) is 6.61 Å². The first-order valence-electron chi connectivity index (χ1n) is 11.8. The van der Waals surface area contributed by atoms with Gasteiger partial charge in [-0.3, -0.25) is 4.98 Å². The molecule has 4 rings (SSSR count). The third kappa shape index (κ3) is 5.75. The zero-order valence-electron chi connectivity index (χ0n) is 19.9. The Morgan fingerprint density at radius 1 is 1.35 bits per heavy atom. The summed E-state index contributed by atoms with van der Waals surface area (Å²) in [6, 6.07) is 5.84. The smallest absolute Gasteiger partial charge is 0.341 e. The second kappa shape index (κ2) is 11.2. The highest BCUT2D eigenvalue weighted by Gasteiger charge is 2.20. The fourth-order valence-electron chi connectivity index (χ4n) is 4.39. The Bertz CT molecular complexity index is 1110. The van der Waals surface area contributed by atoms with Gasteiger partial charge in [0, 0.05) is 37.0 Å². The number of carboxylic acid groups (broad SMARTS) is 1. The molecule has 0 radical (unpaired) electrons. The largest absolute Gasteiger partial charge is 0.480 e. The number of anilines is 3. The lowest BCUT2D eigenvalue weighted by Gasteiger charge is -2.22. The number of fused-ring (bicyclic) bond motifs is 1. The number of hydrogen-bond donors (Lipinski definition) is 4. The van der Waals surface area contributed by atoms with Crippen LogP contribution in [0.1, 0.15) is 24.8 Å². The summed E-state index contributed by atoms with van der Waals surface area (Å²) in [5, 5.41) is 16.7. The average Bonchev–Trinajstić information content (AvgIpc) is 3.49. The molecule has 10 heteroatoms. The molecular formula is C24H34N7O3+. The zero-order valence-corrected chi connectivity index (χ0v) is 19.9. The van der Waals surface area contributed by atoms with Crippen molar-refractivity contribution in [3.05, 3.63) is 36.3 Å². The highest BCUT2D eigenvalue weighted by atomic mass is 16.5. The molecule has 1 aliphatic heterocycles. The number of aromatic nitrogens is 3. The molecule has 10 nitrogen and oxygen atoms in total. The number of benzene rings is 1. The minimum atomic E-state index is -0.997. The molecule has 0 amide bonds. The summed E-state index contributed by atoms with van der Waals surface area (Å²) in [4.78, 5) is 26.7. The van der Waals surface area contributed by atoms with Crippen LogP contribution < -0.4 is 25.3 Å². The van der Waals surface area contributed by atoms with E-state index in [1.807, 2.05) is 31.4 Å². The predicted molar refractivity (Wildman–Crippen MR) is 132 cm³/mol. The van der Waals surface area contributed by atoms with Crippen LogP contribution in [0.3, 0.4) is 0 Å². The molecule has 3 aromatic rings. The second-order valence-corrected chi connectivity index (χ2v) is 8.69. The summed E-state index contributed by atoms with van der Waals surface area (Å²) < 4.78 is 5.66. The normalized spacial score (nSPS) is 13.7. The third-order valence-electron chi connectivity index (χ3n) is 6.03. The van der Waals surface area contributed by atoms with E-state index >= 15 is 0 Å². The molecule has 182 valence electrons. The molecule has 3 heterocycles. The predicted octanol–water partition coefficient (Wildman–Crippen LogP) is 2.23. The minimum absolute atomic E-state index is 0.380. The Balaban J connectivity index is 1.58. The molecule has 0 atom stereocenters. The Morgan fingerprint density at radius 3 is 2.94 bits per heavy atom. The number of H-pyrrole nitrogens is 2. The molecule has 2 aromatic heterocycles. The maximum absolute atomic E-state index is 11.1. The van der Waals surface area contributed by atoms with Gasteiger partial charge in [0.05, 0.1) is 11.9 Å². The number of aliphatic carboxylic acids is 1. The number of carbonyl (C=O) groups is 1. The number of nitrogens with zero attached hydrogens (tertiary/aromatic N) is 3. The van der Waals surface area contributed by atoms with Crippen molar-refractivity contribution in [2.75, 3.05) is 57.1 Å². The lowest BCUT2D eigenvalue weighted by Crippen LogP contribution is -2.22. The molecule has 0 spiro atoms. The molecule has 0 bridgehead atoms. The SMILES string of the molecule is CNCCCN(C)Cc1c[nH]c2[nH+]cnc(Nc3ccc(N4CCCC4)c(OCC(=O)O)c3)c12. The van der Waals surface area contributed by atoms with Gasteiger partial charge in [0.15, 0.2) is 6.61 Å². The molecule has 0 unspecified atom stereocenters. The summed E-state index contributed by atoms with van der Waals surface area (Å²) in [6.45, 7) is 4.28. The topological polar surface area (TPSA) is 120 Å². The van der Waals surface area contributed by atoms with Crippen LogP contribution >= 0.6 is 0 Å². The summed E-state index contributed by atoms with van der Waals surface area (Å²) in [6.07, 6.45) is 7.00. The van der Waals surface area contributed by atoms with Gasteiger partial charge < -0.3 is 30.3 Å². The van der Waals surface area contributed by atoms with Crippen LogP contribution in [0.4, 0.5) is 17.2 Å². The summed E-state index contributed by atoms with van der Waals surface area (Å²) in [5.41, 5.74) is 3.75.